The van der Waals surface area contributed by atoms with E-state index in [4.69, 9.17) is 9.47 Å². The molecule has 0 radical (unpaired) electrons. The minimum absolute atomic E-state index is 0.0843. The lowest BCUT2D eigenvalue weighted by Gasteiger charge is -2.32. The molecule has 1 aliphatic carbocycles. The number of fused-ring (bicyclic) bond motifs is 3. The van der Waals surface area contributed by atoms with Crippen LogP contribution < -0.4 is 10.2 Å². The predicted octanol–water partition coefficient (Wildman–Crippen LogP) is 4.93. The van der Waals surface area contributed by atoms with Gasteiger partial charge >= 0.3 is 12.1 Å². The normalized spacial score (nSPS) is 15.5. The molecule has 198 valence electrons. The van der Waals surface area contributed by atoms with Crippen LogP contribution in [0.5, 0.6) is 0 Å². The van der Waals surface area contributed by atoms with Crippen LogP contribution in [-0.2, 0) is 27.1 Å². The summed E-state index contributed by atoms with van der Waals surface area (Å²) in [5, 5.41) is 12.5. The molecule has 0 aromatic heterocycles. The van der Waals surface area contributed by atoms with Gasteiger partial charge in [0.1, 0.15) is 12.6 Å². The van der Waals surface area contributed by atoms with Crippen LogP contribution in [0, 0.1) is 6.92 Å². The minimum Gasteiger partial charge on any atom is -0.480 e. The van der Waals surface area contributed by atoms with E-state index in [0.717, 1.165) is 52.9 Å². The van der Waals surface area contributed by atoms with Crippen LogP contribution in [0.1, 0.15) is 40.7 Å². The number of hydrogen-bond donors (Lipinski definition) is 2. The molecule has 1 fully saturated rings. The van der Waals surface area contributed by atoms with Crippen molar-refractivity contribution in [2.75, 3.05) is 37.8 Å². The summed E-state index contributed by atoms with van der Waals surface area (Å²) in [4.78, 5) is 27.2. The average Bonchev–Trinajstić information content (AvgIpc) is 3.25. The van der Waals surface area contributed by atoms with Crippen molar-refractivity contribution in [1.82, 2.24) is 5.32 Å². The molecular formula is C31H34N2O5. The summed E-state index contributed by atoms with van der Waals surface area (Å²) in [7, 11) is 0. The van der Waals surface area contributed by atoms with Crippen molar-refractivity contribution in [3.8, 4) is 11.1 Å². The Morgan fingerprint density at radius 2 is 1.68 bits per heavy atom. The van der Waals surface area contributed by atoms with Crippen molar-refractivity contribution in [2.24, 2.45) is 0 Å². The van der Waals surface area contributed by atoms with E-state index in [-0.39, 0.29) is 18.9 Å². The molecule has 0 bridgehead atoms. The second-order valence-corrected chi connectivity index (χ2v) is 9.94. The van der Waals surface area contributed by atoms with Crippen molar-refractivity contribution in [2.45, 2.75) is 38.6 Å². The van der Waals surface area contributed by atoms with E-state index in [2.05, 4.69) is 54.4 Å². The van der Waals surface area contributed by atoms with Crippen LogP contribution >= 0.6 is 0 Å². The minimum atomic E-state index is -1.09. The van der Waals surface area contributed by atoms with E-state index < -0.39 is 18.1 Å². The fourth-order valence-electron chi connectivity index (χ4n) is 5.78. The van der Waals surface area contributed by atoms with Gasteiger partial charge in [-0.1, -0.05) is 67.6 Å². The molecule has 1 aliphatic heterocycles. The SMILES string of the molecule is CCc1cc(CC(NC(=O)OCC2c3ccccc3-c3ccccc32)C(=O)O)cc(C)c1N1CCOCC1. The lowest BCUT2D eigenvalue weighted by molar-refractivity contribution is -0.139. The highest BCUT2D eigenvalue weighted by Gasteiger charge is 2.30. The molecule has 0 saturated carbocycles. The highest BCUT2D eigenvalue weighted by molar-refractivity contribution is 5.81. The number of benzene rings is 3. The molecule has 5 rings (SSSR count). The van der Waals surface area contributed by atoms with Crippen molar-refractivity contribution in [3.05, 3.63) is 88.5 Å². The Kier molecular flexibility index (Phi) is 7.65. The van der Waals surface area contributed by atoms with Gasteiger partial charge in [0, 0.05) is 31.1 Å². The van der Waals surface area contributed by atoms with Crippen molar-refractivity contribution in [3.63, 3.8) is 0 Å². The number of rotatable bonds is 8. The molecule has 7 nitrogen and oxygen atoms in total. The fourth-order valence-corrected chi connectivity index (χ4v) is 5.78. The van der Waals surface area contributed by atoms with Crippen molar-refractivity contribution < 1.29 is 24.2 Å². The third-order valence-corrected chi connectivity index (χ3v) is 7.52. The standard InChI is InChI=1S/C31H34N2O5/c1-3-22-17-21(16-20(2)29(22)33-12-14-37-15-13-33)18-28(30(34)35)32-31(36)38-19-27-25-10-6-4-8-23(25)24-9-5-7-11-26(24)27/h4-11,16-17,27-28H,3,12-15,18-19H2,1-2H3,(H,32,36)(H,34,35). The molecule has 1 amide bonds. The lowest BCUT2D eigenvalue weighted by atomic mass is 9.96. The van der Waals surface area contributed by atoms with Crippen LogP contribution in [0.15, 0.2) is 60.7 Å². The van der Waals surface area contributed by atoms with Crippen LogP contribution in [0.4, 0.5) is 10.5 Å². The van der Waals surface area contributed by atoms with Gasteiger partial charge in [0.05, 0.1) is 13.2 Å². The topological polar surface area (TPSA) is 88.1 Å². The Morgan fingerprint density at radius 3 is 2.29 bits per heavy atom. The van der Waals surface area contributed by atoms with E-state index in [1.165, 1.54) is 11.3 Å². The Morgan fingerprint density at radius 1 is 1.05 bits per heavy atom. The summed E-state index contributed by atoms with van der Waals surface area (Å²) in [6, 6.07) is 19.2. The van der Waals surface area contributed by atoms with E-state index in [1.807, 2.05) is 30.3 Å². The van der Waals surface area contributed by atoms with E-state index in [1.54, 1.807) is 0 Å². The van der Waals surface area contributed by atoms with Crippen LogP contribution in [-0.4, -0.2) is 56.1 Å². The van der Waals surface area contributed by atoms with Gasteiger partial charge in [0.2, 0.25) is 0 Å². The predicted molar refractivity (Wildman–Crippen MR) is 147 cm³/mol. The Hall–Kier alpha value is -3.84. The molecule has 3 aromatic carbocycles. The summed E-state index contributed by atoms with van der Waals surface area (Å²) >= 11 is 0. The van der Waals surface area contributed by atoms with Gasteiger partial charge in [0.15, 0.2) is 0 Å². The maximum atomic E-state index is 12.8. The number of nitrogens with zero attached hydrogens (tertiary/aromatic N) is 1. The average molecular weight is 515 g/mol. The van der Waals surface area contributed by atoms with E-state index >= 15 is 0 Å². The highest BCUT2D eigenvalue weighted by Crippen LogP contribution is 2.44. The largest absolute Gasteiger partial charge is 0.480 e. The van der Waals surface area contributed by atoms with Gasteiger partial charge in [-0.3, -0.25) is 0 Å². The number of aryl methyl sites for hydroxylation is 2. The van der Waals surface area contributed by atoms with Crippen LogP contribution in [0.2, 0.25) is 0 Å². The summed E-state index contributed by atoms with van der Waals surface area (Å²) in [6.07, 6.45) is 0.284. The summed E-state index contributed by atoms with van der Waals surface area (Å²) < 4.78 is 11.1. The summed E-state index contributed by atoms with van der Waals surface area (Å²) in [5.41, 5.74) is 8.86. The fraction of sp³-hybridized carbons (Fsp3) is 0.355. The number of carbonyl (C=O) groups is 2. The molecule has 1 unspecified atom stereocenters. The van der Waals surface area contributed by atoms with Crippen molar-refractivity contribution >= 4 is 17.7 Å². The molecule has 1 heterocycles. The molecule has 2 N–H and O–H groups in total. The van der Waals surface area contributed by atoms with Crippen molar-refractivity contribution in [1.29, 1.82) is 0 Å². The molecule has 2 aliphatic rings. The van der Waals surface area contributed by atoms with Gasteiger partial charge in [-0.05, 0) is 52.3 Å². The van der Waals surface area contributed by atoms with Crippen LogP contribution in [0.25, 0.3) is 11.1 Å². The molecule has 0 spiro atoms. The summed E-state index contributed by atoms with van der Waals surface area (Å²) in [6.45, 7) is 7.39. The Balaban J connectivity index is 1.26. The number of ether oxygens (including phenoxy) is 2. The number of carboxylic acids is 1. The van der Waals surface area contributed by atoms with Gasteiger partial charge in [0.25, 0.3) is 0 Å². The zero-order chi connectivity index (χ0) is 26.6. The number of morpholine rings is 1. The Labute approximate surface area is 223 Å². The Bertz CT molecular complexity index is 1290. The van der Waals surface area contributed by atoms with Gasteiger partial charge in [-0.15, -0.1) is 0 Å². The number of carbonyl (C=O) groups excluding carboxylic acids is 1. The number of aliphatic carboxylic acids is 1. The zero-order valence-electron chi connectivity index (χ0n) is 21.9. The number of anilines is 1. The number of hydrogen-bond acceptors (Lipinski definition) is 5. The molecule has 7 heteroatoms. The molecule has 3 aromatic rings. The number of carboxylic acid groups (broad SMARTS) is 1. The van der Waals surface area contributed by atoms with E-state index in [9.17, 15) is 14.7 Å². The van der Waals surface area contributed by atoms with Gasteiger partial charge in [-0.2, -0.15) is 0 Å². The van der Waals surface area contributed by atoms with Gasteiger partial charge < -0.3 is 24.8 Å². The first-order valence-electron chi connectivity index (χ1n) is 13.3. The van der Waals surface area contributed by atoms with Crippen LogP contribution in [0.3, 0.4) is 0 Å². The highest BCUT2D eigenvalue weighted by atomic mass is 16.5. The first kappa shape index (κ1) is 25.8. The van der Waals surface area contributed by atoms with Gasteiger partial charge in [-0.25, -0.2) is 9.59 Å². The first-order chi connectivity index (χ1) is 18.5. The smallest absolute Gasteiger partial charge is 0.407 e. The second kappa shape index (κ2) is 11.3. The third kappa shape index (κ3) is 5.24. The third-order valence-electron chi connectivity index (χ3n) is 7.52. The quantitative estimate of drug-likeness (QED) is 0.443. The molecule has 1 atom stereocenters. The number of amides is 1. The maximum absolute atomic E-state index is 12.8. The molecule has 38 heavy (non-hydrogen) atoms. The lowest BCUT2D eigenvalue weighted by Crippen LogP contribution is -2.43. The number of alkyl carbamates (subject to hydrolysis) is 1. The van der Waals surface area contributed by atoms with E-state index in [0.29, 0.717) is 13.2 Å². The maximum Gasteiger partial charge on any atom is 0.407 e. The molecule has 1 saturated heterocycles. The molecular weight excluding hydrogens is 480 g/mol. The zero-order valence-corrected chi connectivity index (χ0v) is 21.9. The first-order valence-corrected chi connectivity index (χ1v) is 13.3. The summed E-state index contributed by atoms with van der Waals surface area (Å²) in [5.74, 6) is -1.18. The number of nitrogens with one attached hydrogen (secondary N) is 1. The monoisotopic (exact) mass is 514 g/mol. The second-order valence-electron chi connectivity index (χ2n) is 9.94.